The van der Waals surface area contributed by atoms with E-state index in [0.717, 1.165) is 29.5 Å². The van der Waals surface area contributed by atoms with E-state index in [9.17, 15) is 8.78 Å². The number of benzene rings is 2. The van der Waals surface area contributed by atoms with Crippen molar-refractivity contribution in [3.05, 3.63) is 71.0 Å². The van der Waals surface area contributed by atoms with Crippen LogP contribution in [0.15, 0.2) is 48.7 Å². The SMILES string of the molecule is COc1ccc(Cn2cc3nc(-c4cc(F)cc(F)c4)nc(Cl)c3n2)cc1. The van der Waals surface area contributed by atoms with Crippen molar-refractivity contribution in [2.45, 2.75) is 6.54 Å². The van der Waals surface area contributed by atoms with Crippen molar-refractivity contribution < 1.29 is 13.5 Å². The van der Waals surface area contributed by atoms with Gasteiger partial charge in [-0.15, -0.1) is 0 Å². The van der Waals surface area contributed by atoms with Crippen molar-refractivity contribution in [3.63, 3.8) is 0 Å². The van der Waals surface area contributed by atoms with Crippen LogP contribution in [0.25, 0.3) is 22.4 Å². The number of rotatable bonds is 4. The molecule has 27 heavy (non-hydrogen) atoms. The second-order valence-corrected chi connectivity index (χ2v) is 6.26. The Labute approximate surface area is 158 Å². The van der Waals surface area contributed by atoms with Gasteiger partial charge in [0.1, 0.15) is 28.4 Å². The average Bonchev–Trinajstić information content (AvgIpc) is 3.04. The van der Waals surface area contributed by atoms with Gasteiger partial charge in [0, 0.05) is 11.6 Å². The zero-order valence-electron chi connectivity index (χ0n) is 14.2. The molecule has 0 radical (unpaired) electrons. The molecule has 0 aliphatic carbocycles. The quantitative estimate of drug-likeness (QED) is 0.485. The molecule has 0 saturated heterocycles. The number of fused-ring (bicyclic) bond motifs is 1. The Balaban J connectivity index is 1.70. The number of ether oxygens (including phenoxy) is 1. The Bertz CT molecular complexity index is 1110. The Morgan fingerprint density at radius 3 is 2.41 bits per heavy atom. The minimum absolute atomic E-state index is 0.119. The first kappa shape index (κ1) is 17.4. The Morgan fingerprint density at radius 2 is 1.74 bits per heavy atom. The molecule has 0 atom stereocenters. The lowest BCUT2D eigenvalue weighted by atomic mass is 10.2. The summed E-state index contributed by atoms with van der Waals surface area (Å²) in [4.78, 5) is 8.47. The third-order valence-corrected chi connectivity index (χ3v) is 4.26. The van der Waals surface area contributed by atoms with Gasteiger partial charge in [-0.3, -0.25) is 4.68 Å². The number of hydrogen-bond acceptors (Lipinski definition) is 4. The molecule has 136 valence electrons. The van der Waals surface area contributed by atoms with Gasteiger partial charge >= 0.3 is 0 Å². The van der Waals surface area contributed by atoms with Crippen molar-refractivity contribution >= 4 is 22.6 Å². The fraction of sp³-hybridized carbons (Fsp3) is 0.105. The van der Waals surface area contributed by atoms with Gasteiger partial charge in [-0.05, 0) is 29.8 Å². The first-order valence-corrected chi connectivity index (χ1v) is 8.40. The summed E-state index contributed by atoms with van der Waals surface area (Å²) in [5, 5.41) is 4.52. The molecule has 0 N–H and O–H groups in total. The molecule has 0 saturated carbocycles. The molecule has 0 bridgehead atoms. The van der Waals surface area contributed by atoms with Crippen LogP contribution in [0.5, 0.6) is 5.75 Å². The predicted octanol–water partition coefficient (Wildman–Crippen LogP) is 4.48. The van der Waals surface area contributed by atoms with E-state index in [1.807, 2.05) is 24.3 Å². The zero-order chi connectivity index (χ0) is 19.0. The van der Waals surface area contributed by atoms with E-state index in [1.165, 1.54) is 0 Å². The minimum Gasteiger partial charge on any atom is -0.497 e. The van der Waals surface area contributed by atoms with Crippen LogP contribution in [0.4, 0.5) is 8.78 Å². The second-order valence-electron chi connectivity index (χ2n) is 5.90. The molecule has 4 rings (SSSR count). The normalized spacial score (nSPS) is 11.1. The van der Waals surface area contributed by atoms with Gasteiger partial charge in [0.05, 0.1) is 19.9 Å². The van der Waals surface area contributed by atoms with E-state index in [4.69, 9.17) is 16.3 Å². The van der Waals surface area contributed by atoms with Gasteiger partial charge in [0.25, 0.3) is 0 Å². The predicted molar refractivity (Wildman–Crippen MR) is 97.8 cm³/mol. The van der Waals surface area contributed by atoms with Crippen LogP contribution in [-0.2, 0) is 6.54 Å². The number of methoxy groups -OCH3 is 1. The number of halogens is 3. The minimum atomic E-state index is -0.708. The van der Waals surface area contributed by atoms with Crippen molar-refractivity contribution in [2.75, 3.05) is 7.11 Å². The summed E-state index contributed by atoms with van der Waals surface area (Å²) in [5.41, 5.74) is 2.13. The first-order chi connectivity index (χ1) is 13.0. The second kappa shape index (κ2) is 6.92. The Hall–Kier alpha value is -3.06. The summed E-state index contributed by atoms with van der Waals surface area (Å²) in [5.74, 6) is -0.514. The highest BCUT2D eigenvalue weighted by Crippen LogP contribution is 2.25. The summed E-state index contributed by atoms with van der Waals surface area (Å²) in [6, 6.07) is 10.7. The largest absolute Gasteiger partial charge is 0.497 e. The highest BCUT2D eigenvalue weighted by atomic mass is 35.5. The Kier molecular flexibility index (Phi) is 4.45. The monoisotopic (exact) mass is 386 g/mol. The van der Waals surface area contributed by atoms with Gasteiger partial charge in [0.15, 0.2) is 11.0 Å². The molecular formula is C19H13ClF2N4O. The Morgan fingerprint density at radius 1 is 1.04 bits per heavy atom. The molecule has 4 aromatic rings. The third-order valence-electron chi connectivity index (χ3n) is 3.99. The van der Waals surface area contributed by atoms with Gasteiger partial charge in [0.2, 0.25) is 0 Å². The molecule has 0 aliphatic heterocycles. The molecule has 0 aliphatic rings. The maximum atomic E-state index is 13.5. The van der Waals surface area contributed by atoms with E-state index in [0.29, 0.717) is 17.6 Å². The van der Waals surface area contributed by atoms with Crippen LogP contribution in [0, 0.1) is 11.6 Å². The summed E-state index contributed by atoms with van der Waals surface area (Å²) in [7, 11) is 1.61. The summed E-state index contributed by atoms with van der Waals surface area (Å²) < 4.78 is 33.8. The fourth-order valence-electron chi connectivity index (χ4n) is 2.74. The van der Waals surface area contributed by atoms with E-state index >= 15 is 0 Å². The summed E-state index contributed by atoms with van der Waals surface area (Å²) in [6.07, 6.45) is 1.71. The van der Waals surface area contributed by atoms with Crippen LogP contribution >= 0.6 is 11.6 Å². The van der Waals surface area contributed by atoms with Crippen LogP contribution < -0.4 is 4.74 Å². The first-order valence-electron chi connectivity index (χ1n) is 8.02. The molecule has 0 amide bonds. The molecule has 2 heterocycles. The van der Waals surface area contributed by atoms with Crippen LogP contribution in [0.3, 0.4) is 0 Å². The summed E-state index contributed by atoms with van der Waals surface area (Å²) >= 11 is 6.22. The maximum absolute atomic E-state index is 13.5. The smallest absolute Gasteiger partial charge is 0.161 e. The molecular weight excluding hydrogens is 374 g/mol. The van der Waals surface area contributed by atoms with Gasteiger partial charge in [-0.2, -0.15) is 5.10 Å². The van der Waals surface area contributed by atoms with Gasteiger partial charge < -0.3 is 4.74 Å². The van der Waals surface area contributed by atoms with E-state index in [2.05, 4.69) is 15.1 Å². The van der Waals surface area contributed by atoms with Crippen molar-refractivity contribution in [2.24, 2.45) is 0 Å². The lowest BCUT2D eigenvalue weighted by molar-refractivity contribution is 0.414. The molecule has 0 spiro atoms. The van der Waals surface area contributed by atoms with Crippen molar-refractivity contribution in [1.82, 2.24) is 19.7 Å². The lowest BCUT2D eigenvalue weighted by Gasteiger charge is -2.03. The third kappa shape index (κ3) is 3.59. The van der Waals surface area contributed by atoms with Crippen molar-refractivity contribution in [1.29, 1.82) is 0 Å². The fourth-order valence-corrected chi connectivity index (χ4v) is 2.95. The van der Waals surface area contributed by atoms with E-state index < -0.39 is 11.6 Å². The van der Waals surface area contributed by atoms with Crippen LogP contribution in [0.1, 0.15) is 5.56 Å². The van der Waals surface area contributed by atoms with Gasteiger partial charge in [-0.25, -0.2) is 18.7 Å². The number of nitrogens with zero attached hydrogens (tertiary/aromatic N) is 4. The molecule has 2 aromatic carbocycles. The number of aromatic nitrogens is 4. The van der Waals surface area contributed by atoms with Crippen LogP contribution in [-0.4, -0.2) is 26.9 Å². The molecule has 5 nitrogen and oxygen atoms in total. The number of hydrogen-bond donors (Lipinski definition) is 0. The highest BCUT2D eigenvalue weighted by molar-refractivity contribution is 6.33. The van der Waals surface area contributed by atoms with E-state index in [1.54, 1.807) is 18.0 Å². The van der Waals surface area contributed by atoms with Crippen LogP contribution in [0.2, 0.25) is 5.15 Å². The topological polar surface area (TPSA) is 52.8 Å². The van der Waals surface area contributed by atoms with Crippen molar-refractivity contribution in [3.8, 4) is 17.1 Å². The molecule has 0 unspecified atom stereocenters. The maximum Gasteiger partial charge on any atom is 0.161 e. The highest BCUT2D eigenvalue weighted by Gasteiger charge is 2.13. The van der Waals surface area contributed by atoms with Gasteiger partial charge in [-0.1, -0.05) is 23.7 Å². The summed E-state index contributed by atoms with van der Waals surface area (Å²) in [6.45, 7) is 0.501. The standard InChI is InChI=1S/C19H13ClF2N4O/c1-27-15-4-2-11(3-5-15)9-26-10-16-17(25-26)18(20)24-19(23-16)12-6-13(21)8-14(22)7-12/h2-8,10H,9H2,1H3. The zero-order valence-corrected chi connectivity index (χ0v) is 14.9. The average molecular weight is 387 g/mol. The molecule has 2 aromatic heterocycles. The van der Waals surface area contributed by atoms with E-state index in [-0.39, 0.29) is 16.5 Å². The molecule has 8 heteroatoms. The molecule has 0 fully saturated rings. The lowest BCUT2D eigenvalue weighted by Crippen LogP contribution is -1.99.